The number of para-hydroxylation sites is 1. The van der Waals surface area contributed by atoms with Crippen molar-refractivity contribution in [3.8, 4) is 11.4 Å². The molecule has 0 spiro atoms. The Balaban J connectivity index is 2.23. The molecule has 0 saturated carbocycles. The number of hydrogen-bond acceptors (Lipinski definition) is 4. The molecule has 0 fully saturated rings. The van der Waals surface area contributed by atoms with Crippen molar-refractivity contribution in [1.29, 1.82) is 0 Å². The molecule has 1 atom stereocenters. The van der Waals surface area contributed by atoms with Gasteiger partial charge in [0.1, 0.15) is 11.6 Å². The maximum absolute atomic E-state index is 13.2. The van der Waals surface area contributed by atoms with Crippen molar-refractivity contribution < 1.29 is 4.74 Å². The summed E-state index contributed by atoms with van der Waals surface area (Å²) < 4.78 is 7.24. The summed E-state index contributed by atoms with van der Waals surface area (Å²) in [4.78, 5) is 18.1. The smallest absolute Gasteiger partial charge is 0.266 e. The van der Waals surface area contributed by atoms with Crippen molar-refractivity contribution in [2.75, 3.05) is 13.2 Å². The zero-order chi connectivity index (χ0) is 18.5. The van der Waals surface area contributed by atoms with Gasteiger partial charge in [0.15, 0.2) is 0 Å². The zero-order valence-electron chi connectivity index (χ0n) is 15.5. The lowest BCUT2D eigenvalue weighted by Gasteiger charge is -2.21. The van der Waals surface area contributed by atoms with Gasteiger partial charge in [-0.15, -0.1) is 0 Å². The fourth-order valence-electron chi connectivity index (χ4n) is 3.16. The molecule has 1 N–H and O–H groups in total. The van der Waals surface area contributed by atoms with Crippen LogP contribution in [0.1, 0.15) is 39.1 Å². The van der Waals surface area contributed by atoms with Crippen molar-refractivity contribution in [2.45, 2.75) is 33.2 Å². The summed E-state index contributed by atoms with van der Waals surface area (Å²) in [6.45, 7) is 7.52. The van der Waals surface area contributed by atoms with Crippen molar-refractivity contribution in [3.05, 3.63) is 64.7 Å². The summed E-state index contributed by atoms with van der Waals surface area (Å²) in [7, 11) is 0. The molecule has 3 rings (SSSR count). The molecular formula is C21H25N3O2. The minimum atomic E-state index is -0.0499. The van der Waals surface area contributed by atoms with Crippen LogP contribution in [0.2, 0.25) is 0 Å². The van der Waals surface area contributed by atoms with Gasteiger partial charge in [-0.25, -0.2) is 4.98 Å². The first-order valence-electron chi connectivity index (χ1n) is 9.17. The quantitative estimate of drug-likeness (QED) is 0.702. The molecule has 0 unspecified atom stereocenters. The van der Waals surface area contributed by atoms with E-state index in [1.54, 1.807) is 4.57 Å². The molecule has 0 aliphatic rings. The SMILES string of the molecule is CCN[C@@H](CC)c1nc2ccccc2c(=O)n1-c1ccc(OCC)cc1. The van der Waals surface area contributed by atoms with Crippen LogP contribution in [0, 0.1) is 0 Å². The van der Waals surface area contributed by atoms with Crippen LogP contribution in [0.4, 0.5) is 0 Å². The van der Waals surface area contributed by atoms with Gasteiger partial charge in [0.2, 0.25) is 0 Å². The highest BCUT2D eigenvalue weighted by atomic mass is 16.5. The predicted octanol–water partition coefficient (Wildman–Crippen LogP) is 3.85. The Morgan fingerprint density at radius 3 is 2.46 bits per heavy atom. The maximum Gasteiger partial charge on any atom is 0.266 e. The van der Waals surface area contributed by atoms with Gasteiger partial charge in [0.25, 0.3) is 5.56 Å². The molecule has 0 radical (unpaired) electrons. The van der Waals surface area contributed by atoms with Gasteiger partial charge in [0, 0.05) is 0 Å². The molecule has 2 aromatic carbocycles. The van der Waals surface area contributed by atoms with E-state index in [0.29, 0.717) is 12.0 Å². The maximum atomic E-state index is 13.2. The van der Waals surface area contributed by atoms with Gasteiger partial charge in [-0.1, -0.05) is 26.0 Å². The van der Waals surface area contributed by atoms with Gasteiger partial charge in [-0.05, 0) is 56.3 Å². The molecule has 136 valence electrons. The number of nitrogens with one attached hydrogen (secondary N) is 1. The summed E-state index contributed by atoms with van der Waals surface area (Å²) >= 11 is 0. The van der Waals surface area contributed by atoms with E-state index in [-0.39, 0.29) is 11.6 Å². The van der Waals surface area contributed by atoms with Crippen LogP contribution in [0.15, 0.2) is 53.3 Å². The summed E-state index contributed by atoms with van der Waals surface area (Å²) in [5.74, 6) is 1.53. The Kier molecular flexibility index (Phi) is 5.68. The van der Waals surface area contributed by atoms with Crippen molar-refractivity contribution in [2.24, 2.45) is 0 Å². The number of ether oxygens (including phenoxy) is 1. The van der Waals surface area contributed by atoms with Crippen molar-refractivity contribution in [3.63, 3.8) is 0 Å². The Hall–Kier alpha value is -2.66. The van der Waals surface area contributed by atoms with Gasteiger partial charge in [-0.3, -0.25) is 9.36 Å². The standard InChI is InChI=1S/C21H25N3O2/c1-4-18(22-5-2)20-23-19-10-8-7-9-17(19)21(25)24(20)15-11-13-16(14-12-15)26-6-3/h7-14,18,22H,4-6H2,1-3H3/t18-/m0/s1. The summed E-state index contributed by atoms with van der Waals surface area (Å²) in [5.41, 5.74) is 1.47. The van der Waals surface area contributed by atoms with E-state index < -0.39 is 0 Å². The van der Waals surface area contributed by atoms with E-state index in [4.69, 9.17) is 9.72 Å². The summed E-state index contributed by atoms with van der Waals surface area (Å²) in [6, 6.07) is 15.1. The molecule has 0 bridgehead atoms. The topological polar surface area (TPSA) is 56.2 Å². The van der Waals surface area contributed by atoms with Crippen LogP contribution in [0.25, 0.3) is 16.6 Å². The zero-order valence-corrected chi connectivity index (χ0v) is 15.5. The minimum absolute atomic E-state index is 0.00359. The van der Waals surface area contributed by atoms with Gasteiger partial charge in [-0.2, -0.15) is 0 Å². The molecule has 3 aromatic rings. The molecule has 1 aromatic heterocycles. The predicted molar refractivity (Wildman–Crippen MR) is 105 cm³/mol. The van der Waals surface area contributed by atoms with Crippen LogP contribution < -0.4 is 15.6 Å². The third kappa shape index (κ3) is 3.48. The molecule has 5 nitrogen and oxygen atoms in total. The van der Waals surface area contributed by atoms with Crippen LogP contribution >= 0.6 is 0 Å². The fourth-order valence-corrected chi connectivity index (χ4v) is 3.16. The summed E-state index contributed by atoms with van der Waals surface area (Å²) in [6.07, 6.45) is 0.843. The number of benzene rings is 2. The molecule has 1 heterocycles. The highest BCUT2D eigenvalue weighted by Gasteiger charge is 2.19. The largest absolute Gasteiger partial charge is 0.494 e. The van der Waals surface area contributed by atoms with E-state index in [1.807, 2.05) is 55.5 Å². The highest BCUT2D eigenvalue weighted by molar-refractivity contribution is 5.77. The fraction of sp³-hybridized carbons (Fsp3) is 0.333. The lowest BCUT2D eigenvalue weighted by atomic mass is 10.1. The second kappa shape index (κ2) is 8.15. The van der Waals surface area contributed by atoms with Gasteiger partial charge >= 0.3 is 0 Å². The van der Waals surface area contributed by atoms with Crippen molar-refractivity contribution >= 4 is 10.9 Å². The Morgan fingerprint density at radius 2 is 1.81 bits per heavy atom. The van der Waals surface area contributed by atoms with E-state index in [0.717, 1.165) is 35.7 Å². The summed E-state index contributed by atoms with van der Waals surface area (Å²) in [5, 5.41) is 4.06. The number of rotatable bonds is 7. The van der Waals surface area contributed by atoms with E-state index in [2.05, 4.69) is 19.2 Å². The molecule has 0 saturated heterocycles. The lowest BCUT2D eigenvalue weighted by molar-refractivity contribution is 0.340. The van der Waals surface area contributed by atoms with E-state index >= 15 is 0 Å². The Bertz CT molecular complexity index is 932. The first kappa shape index (κ1) is 18.1. The first-order valence-corrected chi connectivity index (χ1v) is 9.17. The van der Waals surface area contributed by atoms with E-state index in [1.165, 1.54) is 0 Å². The minimum Gasteiger partial charge on any atom is -0.494 e. The number of fused-ring (bicyclic) bond motifs is 1. The normalized spacial score (nSPS) is 12.3. The Labute approximate surface area is 153 Å². The van der Waals surface area contributed by atoms with Crippen molar-refractivity contribution in [1.82, 2.24) is 14.9 Å². The monoisotopic (exact) mass is 351 g/mol. The number of hydrogen-bond donors (Lipinski definition) is 1. The molecule has 26 heavy (non-hydrogen) atoms. The molecule has 5 heteroatoms. The number of nitrogens with zero attached hydrogens (tertiary/aromatic N) is 2. The average molecular weight is 351 g/mol. The first-order chi connectivity index (χ1) is 12.7. The lowest BCUT2D eigenvalue weighted by Crippen LogP contribution is -2.31. The second-order valence-corrected chi connectivity index (χ2v) is 6.07. The third-order valence-corrected chi connectivity index (χ3v) is 4.38. The third-order valence-electron chi connectivity index (χ3n) is 4.38. The van der Waals surface area contributed by atoms with Gasteiger partial charge < -0.3 is 10.1 Å². The Morgan fingerprint density at radius 1 is 1.08 bits per heavy atom. The highest BCUT2D eigenvalue weighted by Crippen LogP contribution is 2.22. The van der Waals surface area contributed by atoms with Gasteiger partial charge in [0.05, 0.1) is 29.2 Å². The molecule has 0 aliphatic carbocycles. The number of aromatic nitrogens is 2. The second-order valence-electron chi connectivity index (χ2n) is 6.07. The van der Waals surface area contributed by atoms with E-state index in [9.17, 15) is 4.79 Å². The average Bonchev–Trinajstić information content (AvgIpc) is 2.67. The molecule has 0 aliphatic heterocycles. The molecular weight excluding hydrogens is 326 g/mol. The van der Waals surface area contributed by atoms with Crippen LogP contribution in [-0.2, 0) is 0 Å². The molecule has 0 amide bonds. The van der Waals surface area contributed by atoms with Crippen LogP contribution in [-0.4, -0.2) is 22.7 Å². The van der Waals surface area contributed by atoms with Crippen LogP contribution in [0.3, 0.4) is 0 Å². The van der Waals surface area contributed by atoms with Crippen LogP contribution in [0.5, 0.6) is 5.75 Å².